The number of nitrogens with one attached hydrogen (secondary N) is 3. The third-order valence-corrected chi connectivity index (χ3v) is 12.8. The van der Waals surface area contributed by atoms with E-state index in [1.54, 1.807) is 54.5 Å². The van der Waals surface area contributed by atoms with E-state index in [1.165, 1.54) is 12.0 Å². The molecule has 1 aromatic heterocycles. The molecule has 362 valence electrons. The summed E-state index contributed by atoms with van der Waals surface area (Å²) >= 11 is 0. The summed E-state index contributed by atoms with van der Waals surface area (Å²) in [6.45, 7) is 5.70. The van der Waals surface area contributed by atoms with Gasteiger partial charge in [-0.25, -0.2) is 0 Å². The second-order valence-corrected chi connectivity index (χ2v) is 17.6. The lowest BCUT2D eigenvalue weighted by Crippen LogP contribution is -2.46. The van der Waals surface area contributed by atoms with E-state index in [0.717, 1.165) is 75.8 Å². The summed E-state index contributed by atoms with van der Waals surface area (Å²) in [5.41, 5.74) is 6.39. The number of ether oxygens (including phenoxy) is 3. The Morgan fingerprint density at radius 2 is 1.50 bits per heavy atom. The lowest BCUT2D eigenvalue weighted by atomic mass is 9.87. The largest absolute Gasteiger partial charge is 0.481 e. The summed E-state index contributed by atoms with van der Waals surface area (Å²) in [5, 5.41) is 17.9. The third kappa shape index (κ3) is 13.9. The van der Waals surface area contributed by atoms with Gasteiger partial charge in [0.15, 0.2) is 0 Å². The van der Waals surface area contributed by atoms with Gasteiger partial charge in [-0.3, -0.25) is 33.9 Å². The first kappa shape index (κ1) is 49.7. The van der Waals surface area contributed by atoms with Crippen molar-refractivity contribution in [1.29, 1.82) is 0 Å². The van der Waals surface area contributed by atoms with Crippen LogP contribution in [-0.4, -0.2) is 141 Å². The van der Waals surface area contributed by atoms with E-state index in [4.69, 9.17) is 24.3 Å². The Hall–Kier alpha value is -6.20. The smallest absolute Gasteiger partial charge is 0.305 e. The number of nitrogens with zero attached hydrogens (tertiary/aromatic N) is 4. The SMILES string of the molecule is CN(CCN1CCCC1C(=O)NCCOCCOCCOCCC(=O)O)C(=O)c1cccc(C(=O)Nc2ccc(N3CCCCC3)cc2-c2cc(C(=O)NC3CCCc4ccccc43)ccn2)c1. The predicted molar refractivity (Wildman–Crippen MR) is 259 cm³/mol. The molecule has 2 atom stereocenters. The minimum Gasteiger partial charge on any atom is -0.481 e. The summed E-state index contributed by atoms with van der Waals surface area (Å²) in [6, 6.07) is 24.0. The van der Waals surface area contributed by atoms with Gasteiger partial charge in [0.05, 0.1) is 69.5 Å². The molecular formula is C52H65N7O9. The number of hydrogen-bond donors (Lipinski definition) is 4. The number of benzene rings is 3. The Kier molecular flexibility index (Phi) is 18.5. The maximum atomic E-state index is 14.0. The highest BCUT2D eigenvalue weighted by atomic mass is 16.5. The number of rotatable bonds is 23. The van der Waals surface area contributed by atoms with Gasteiger partial charge in [0.25, 0.3) is 17.7 Å². The molecule has 2 aliphatic heterocycles. The number of aryl methyl sites for hydroxylation is 1. The summed E-state index contributed by atoms with van der Waals surface area (Å²) in [4.78, 5) is 75.9. The van der Waals surface area contributed by atoms with Crippen molar-refractivity contribution in [2.75, 3.05) is 96.2 Å². The van der Waals surface area contributed by atoms with Crippen molar-refractivity contribution >= 4 is 41.0 Å². The Labute approximate surface area is 398 Å². The molecule has 0 radical (unpaired) electrons. The normalized spacial score (nSPS) is 17.0. The number of aromatic nitrogens is 1. The quantitative estimate of drug-likeness (QED) is 0.0638. The van der Waals surface area contributed by atoms with E-state index >= 15 is 0 Å². The van der Waals surface area contributed by atoms with Gasteiger partial charge in [-0.2, -0.15) is 0 Å². The number of carboxylic acid groups (broad SMARTS) is 1. The molecule has 1 aliphatic carbocycles. The van der Waals surface area contributed by atoms with Crippen molar-refractivity contribution in [2.24, 2.45) is 0 Å². The van der Waals surface area contributed by atoms with Crippen molar-refractivity contribution in [3.8, 4) is 11.3 Å². The highest BCUT2D eigenvalue weighted by molar-refractivity contribution is 6.08. The molecule has 4 N–H and O–H groups in total. The predicted octanol–water partition coefficient (Wildman–Crippen LogP) is 5.98. The van der Waals surface area contributed by atoms with Gasteiger partial charge in [0.2, 0.25) is 5.91 Å². The fraction of sp³-hybridized carbons (Fsp3) is 0.462. The lowest BCUT2D eigenvalue weighted by Gasteiger charge is -2.29. The van der Waals surface area contributed by atoms with Crippen LogP contribution < -0.4 is 20.9 Å². The zero-order chi connectivity index (χ0) is 47.7. The second-order valence-electron chi connectivity index (χ2n) is 17.6. The molecule has 4 amide bonds. The topological polar surface area (TPSA) is 192 Å². The number of amides is 4. The van der Waals surface area contributed by atoms with E-state index in [0.29, 0.717) is 86.3 Å². The van der Waals surface area contributed by atoms with Crippen molar-refractivity contribution in [1.82, 2.24) is 25.4 Å². The number of likely N-dealkylation sites (N-methyl/N-ethyl adjacent to an activating group) is 1. The maximum absolute atomic E-state index is 14.0. The zero-order valence-corrected chi connectivity index (χ0v) is 39.1. The molecule has 3 aromatic carbocycles. The minimum atomic E-state index is -0.903. The monoisotopic (exact) mass is 931 g/mol. The van der Waals surface area contributed by atoms with Gasteiger partial charge in [-0.15, -0.1) is 0 Å². The number of carbonyl (C=O) groups is 5. The molecule has 0 saturated carbocycles. The van der Waals surface area contributed by atoms with E-state index in [2.05, 4.69) is 37.9 Å². The molecule has 3 heterocycles. The van der Waals surface area contributed by atoms with Crippen LogP contribution in [0.25, 0.3) is 11.3 Å². The molecule has 7 rings (SSSR count). The van der Waals surface area contributed by atoms with Crippen LogP contribution in [0.4, 0.5) is 11.4 Å². The Balaban J connectivity index is 0.928. The molecule has 2 unspecified atom stereocenters. The average molecular weight is 932 g/mol. The summed E-state index contributed by atoms with van der Waals surface area (Å²) in [7, 11) is 1.72. The molecule has 16 nitrogen and oxygen atoms in total. The van der Waals surface area contributed by atoms with Crippen LogP contribution in [0, 0.1) is 0 Å². The molecule has 68 heavy (non-hydrogen) atoms. The molecular weight excluding hydrogens is 867 g/mol. The van der Waals surface area contributed by atoms with Gasteiger partial charge >= 0.3 is 5.97 Å². The number of likely N-dealkylation sites (tertiary alicyclic amines) is 1. The van der Waals surface area contributed by atoms with E-state index < -0.39 is 5.97 Å². The Morgan fingerprint density at radius 1 is 0.750 bits per heavy atom. The minimum absolute atomic E-state index is 0.0426. The van der Waals surface area contributed by atoms with Gasteiger partial charge in [-0.1, -0.05) is 30.3 Å². The number of anilines is 2. The highest BCUT2D eigenvalue weighted by Crippen LogP contribution is 2.34. The van der Waals surface area contributed by atoms with Crippen LogP contribution in [0.2, 0.25) is 0 Å². The number of piperidine rings is 1. The van der Waals surface area contributed by atoms with E-state index in [-0.39, 0.29) is 48.7 Å². The highest BCUT2D eigenvalue weighted by Gasteiger charge is 2.31. The number of carbonyl (C=O) groups excluding carboxylic acids is 4. The second kappa shape index (κ2) is 25.2. The number of aliphatic carboxylic acids is 1. The molecule has 4 aromatic rings. The lowest BCUT2D eigenvalue weighted by molar-refractivity contribution is -0.138. The average Bonchev–Trinajstić information content (AvgIpc) is 3.85. The number of fused-ring (bicyclic) bond motifs is 1. The Morgan fingerprint density at radius 3 is 2.31 bits per heavy atom. The first-order valence-electron chi connectivity index (χ1n) is 24.0. The molecule has 3 aliphatic rings. The Bertz CT molecular complexity index is 2360. The van der Waals surface area contributed by atoms with Crippen molar-refractivity contribution in [3.05, 3.63) is 113 Å². The molecule has 0 spiro atoms. The molecule has 0 bridgehead atoms. The van der Waals surface area contributed by atoms with Gasteiger partial charge in [0.1, 0.15) is 0 Å². The van der Waals surface area contributed by atoms with Crippen LogP contribution in [0.5, 0.6) is 0 Å². The van der Waals surface area contributed by atoms with Crippen LogP contribution in [0.3, 0.4) is 0 Å². The van der Waals surface area contributed by atoms with Crippen LogP contribution in [0.15, 0.2) is 85.1 Å². The summed E-state index contributed by atoms with van der Waals surface area (Å²) in [5.74, 6) is -1.79. The van der Waals surface area contributed by atoms with Gasteiger partial charge < -0.3 is 45.1 Å². The number of hydrogen-bond acceptors (Lipinski definition) is 11. The van der Waals surface area contributed by atoms with E-state index in [9.17, 15) is 24.0 Å². The summed E-state index contributed by atoms with van der Waals surface area (Å²) < 4.78 is 16.2. The first-order valence-corrected chi connectivity index (χ1v) is 24.0. The fourth-order valence-corrected chi connectivity index (χ4v) is 9.11. The summed E-state index contributed by atoms with van der Waals surface area (Å²) in [6.07, 6.45) is 9.45. The number of carboxylic acids is 1. The van der Waals surface area contributed by atoms with Gasteiger partial charge in [0, 0.05) is 73.9 Å². The van der Waals surface area contributed by atoms with Crippen LogP contribution in [-0.2, 0) is 30.2 Å². The molecule has 2 fully saturated rings. The molecule has 16 heteroatoms. The van der Waals surface area contributed by atoms with Crippen LogP contribution >= 0.6 is 0 Å². The van der Waals surface area contributed by atoms with Crippen molar-refractivity contribution in [2.45, 2.75) is 69.9 Å². The number of pyridine rings is 1. The first-order chi connectivity index (χ1) is 33.1. The fourth-order valence-electron chi connectivity index (χ4n) is 9.11. The van der Waals surface area contributed by atoms with Gasteiger partial charge in [-0.05, 0) is 118 Å². The third-order valence-electron chi connectivity index (χ3n) is 12.8. The maximum Gasteiger partial charge on any atom is 0.305 e. The molecule has 2 saturated heterocycles. The van der Waals surface area contributed by atoms with Crippen molar-refractivity contribution in [3.63, 3.8) is 0 Å². The standard InChI is InChI=1S/C52H65N7O9/c1-57(26-27-59-25-9-16-47(59)51(64)54-22-29-67-31-33-68-32-30-66-28-20-48(60)61)52(65)40-13-7-12-38(34-40)49(62)56-45-18-17-41(58-23-5-2-6-24-58)36-43(45)46-35-39(19-21-53-46)50(63)55-44-15-8-11-37-10-3-4-14-42(37)44/h3-4,7,10,12-14,17-19,21,34-36,44,47H,2,5-6,8-9,11,15-16,20,22-33H2,1H3,(H,54,64)(H,55,63)(H,56,62)(H,60,61). The van der Waals surface area contributed by atoms with Crippen molar-refractivity contribution < 1.29 is 43.3 Å². The van der Waals surface area contributed by atoms with E-state index in [1.807, 2.05) is 30.3 Å². The zero-order valence-electron chi connectivity index (χ0n) is 39.1. The van der Waals surface area contributed by atoms with Crippen LogP contribution in [0.1, 0.15) is 99.6 Å².